The first kappa shape index (κ1) is 13.0. The van der Waals surface area contributed by atoms with Crippen LogP contribution in [0.3, 0.4) is 0 Å². The van der Waals surface area contributed by atoms with Gasteiger partial charge in [-0.2, -0.15) is 0 Å². The van der Waals surface area contributed by atoms with Crippen LogP contribution in [0.15, 0.2) is 29.2 Å². The van der Waals surface area contributed by atoms with Crippen molar-refractivity contribution >= 4 is 21.4 Å². The highest BCUT2D eigenvalue weighted by Gasteiger charge is 2.54. The lowest BCUT2D eigenvalue weighted by Crippen LogP contribution is -2.27. The third-order valence-corrected chi connectivity index (χ3v) is 5.72. The lowest BCUT2D eigenvalue weighted by atomic mass is 10.3. The second-order valence-corrected chi connectivity index (χ2v) is 6.89. The Labute approximate surface area is 106 Å². The van der Waals surface area contributed by atoms with Gasteiger partial charge in [-0.15, -0.1) is 0 Å². The van der Waals surface area contributed by atoms with E-state index in [-0.39, 0.29) is 17.4 Å². The number of carbonyl (C=O) groups is 1. The van der Waals surface area contributed by atoms with Crippen molar-refractivity contribution in [1.82, 2.24) is 0 Å². The van der Waals surface area contributed by atoms with Crippen LogP contribution in [-0.4, -0.2) is 30.8 Å². The van der Waals surface area contributed by atoms with E-state index in [0.29, 0.717) is 18.5 Å². The molecule has 0 saturated heterocycles. The van der Waals surface area contributed by atoms with E-state index in [1.807, 2.05) is 0 Å². The molecule has 18 heavy (non-hydrogen) atoms. The highest BCUT2D eigenvalue weighted by atomic mass is 32.2. The number of benzene rings is 1. The van der Waals surface area contributed by atoms with Gasteiger partial charge in [0.1, 0.15) is 0 Å². The van der Waals surface area contributed by atoms with E-state index in [1.54, 1.807) is 12.1 Å². The van der Waals surface area contributed by atoms with Gasteiger partial charge in [0.2, 0.25) is 5.91 Å². The Morgan fingerprint density at radius 3 is 2.28 bits per heavy atom. The van der Waals surface area contributed by atoms with Crippen molar-refractivity contribution in [3.8, 4) is 0 Å². The number of rotatable bonds is 4. The van der Waals surface area contributed by atoms with E-state index in [0.717, 1.165) is 0 Å². The molecule has 1 amide bonds. The minimum absolute atomic E-state index is 0.183. The van der Waals surface area contributed by atoms with Crippen LogP contribution in [0.25, 0.3) is 0 Å². The van der Waals surface area contributed by atoms with E-state index >= 15 is 0 Å². The van der Waals surface area contributed by atoms with Gasteiger partial charge in [0.05, 0.1) is 16.2 Å². The molecule has 6 heteroatoms. The first-order chi connectivity index (χ1) is 8.41. The largest absolute Gasteiger partial charge is 0.395 e. The molecule has 1 saturated carbocycles. The molecule has 5 nitrogen and oxygen atoms in total. The van der Waals surface area contributed by atoms with Crippen molar-refractivity contribution in [3.05, 3.63) is 24.3 Å². The van der Waals surface area contributed by atoms with E-state index in [9.17, 15) is 18.3 Å². The number of carbonyl (C=O) groups excluding carboxylic acids is 1. The molecule has 1 aromatic rings. The Morgan fingerprint density at radius 1 is 1.33 bits per heavy atom. The summed E-state index contributed by atoms with van der Waals surface area (Å²) in [5.74, 6) is -0.209. The quantitative estimate of drug-likeness (QED) is 0.852. The van der Waals surface area contributed by atoms with Gasteiger partial charge in [0.25, 0.3) is 0 Å². The highest BCUT2D eigenvalue weighted by Crippen LogP contribution is 2.46. The van der Waals surface area contributed by atoms with Crippen molar-refractivity contribution in [2.75, 3.05) is 11.9 Å². The molecule has 0 spiro atoms. The fourth-order valence-corrected chi connectivity index (χ4v) is 3.63. The van der Waals surface area contributed by atoms with Gasteiger partial charge in [-0.3, -0.25) is 4.79 Å². The molecular formula is C12H15NO4S. The second kappa shape index (κ2) is 4.37. The Hall–Kier alpha value is -1.40. The minimum atomic E-state index is -3.49. The zero-order chi connectivity index (χ0) is 13.4. The average molecular weight is 269 g/mol. The standard InChI is InChI=1S/C12H15NO4S/c1-9(15)13-10-2-4-11(5-3-10)18(16,17)12(8-14)6-7-12/h2-5,14H,6-8H2,1H3,(H,13,15). The summed E-state index contributed by atoms with van der Waals surface area (Å²) in [6.45, 7) is 1.04. The van der Waals surface area contributed by atoms with Crippen LogP contribution in [-0.2, 0) is 14.6 Å². The molecule has 0 radical (unpaired) electrons. The van der Waals surface area contributed by atoms with Crippen molar-refractivity contribution < 1.29 is 18.3 Å². The molecule has 1 fully saturated rings. The van der Waals surface area contributed by atoms with E-state index in [2.05, 4.69) is 5.32 Å². The van der Waals surface area contributed by atoms with Crippen molar-refractivity contribution in [3.63, 3.8) is 0 Å². The summed E-state index contributed by atoms with van der Waals surface area (Å²) in [6, 6.07) is 6.00. The van der Waals surface area contributed by atoms with Crippen LogP contribution in [0.1, 0.15) is 19.8 Å². The Kier molecular flexibility index (Phi) is 3.16. The maximum Gasteiger partial charge on any atom is 0.221 e. The molecule has 1 aromatic carbocycles. The van der Waals surface area contributed by atoms with Crippen molar-refractivity contribution in [2.24, 2.45) is 0 Å². The number of hydrogen-bond acceptors (Lipinski definition) is 4. The molecule has 2 rings (SSSR count). The molecule has 0 atom stereocenters. The van der Waals surface area contributed by atoms with Crippen LogP contribution in [0.4, 0.5) is 5.69 Å². The van der Waals surface area contributed by atoms with Gasteiger partial charge in [0, 0.05) is 12.6 Å². The number of nitrogens with one attached hydrogen (secondary N) is 1. The first-order valence-corrected chi connectivity index (χ1v) is 7.13. The highest BCUT2D eigenvalue weighted by molar-refractivity contribution is 7.93. The predicted molar refractivity (Wildman–Crippen MR) is 67.0 cm³/mol. The number of sulfone groups is 1. The van der Waals surface area contributed by atoms with Gasteiger partial charge in [-0.05, 0) is 37.1 Å². The lowest BCUT2D eigenvalue weighted by molar-refractivity contribution is -0.114. The SMILES string of the molecule is CC(=O)Nc1ccc(S(=O)(=O)C2(CO)CC2)cc1. The Balaban J connectivity index is 2.27. The zero-order valence-corrected chi connectivity index (χ0v) is 10.8. The summed E-state index contributed by atoms with van der Waals surface area (Å²) in [5, 5.41) is 11.8. The molecule has 0 aliphatic heterocycles. The maximum atomic E-state index is 12.2. The van der Waals surface area contributed by atoms with Crippen molar-refractivity contribution in [1.29, 1.82) is 0 Å². The fraction of sp³-hybridized carbons (Fsp3) is 0.417. The molecule has 0 bridgehead atoms. The van der Waals surface area contributed by atoms with Gasteiger partial charge >= 0.3 is 0 Å². The normalized spacial score (nSPS) is 17.2. The van der Waals surface area contributed by atoms with Gasteiger partial charge in [0.15, 0.2) is 9.84 Å². The molecule has 1 aliphatic carbocycles. The van der Waals surface area contributed by atoms with Gasteiger partial charge in [-0.25, -0.2) is 8.42 Å². The van der Waals surface area contributed by atoms with Crippen LogP contribution in [0.2, 0.25) is 0 Å². The van der Waals surface area contributed by atoms with Crippen LogP contribution >= 0.6 is 0 Å². The molecule has 0 heterocycles. The van der Waals surface area contributed by atoms with Crippen molar-refractivity contribution in [2.45, 2.75) is 29.4 Å². The van der Waals surface area contributed by atoms with E-state index < -0.39 is 14.6 Å². The number of hydrogen-bond donors (Lipinski definition) is 2. The summed E-state index contributed by atoms with van der Waals surface area (Å²) < 4.78 is 23.5. The van der Waals surface area contributed by atoms with E-state index in [4.69, 9.17) is 0 Å². The Bertz CT molecular complexity index is 558. The first-order valence-electron chi connectivity index (χ1n) is 5.64. The number of aliphatic hydroxyl groups excluding tert-OH is 1. The third-order valence-electron chi connectivity index (χ3n) is 3.15. The summed E-state index contributed by atoms with van der Waals surface area (Å²) in [6.07, 6.45) is 0.999. The summed E-state index contributed by atoms with van der Waals surface area (Å²) >= 11 is 0. The van der Waals surface area contributed by atoms with Gasteiger partial charge < -0.3 is 10.4 Å². The third kappa shape index (κ3) is 2.13. The fourth-order valence-electron chi connectivity index (χ4n) is 1.82. The van der Waals surface area contributed by atoms with Gasteiger partial charge in [-0.1, -0.05) is 0 Å². The average Bonchev–Trinajstić information content (AvgIpc) is 3.10. The zero-order valence-electron chi connectivity index (χ0n) is 10.0. The number of anilines is 1. The summed E-state index contributed by atoms with van der Waals surface area (Å²) in [4.78, 5) is 11.0. The number of amides is 1. The molecule has 1 aliphatic rings. The maximum absolute atomic E-state index is 12.2. The molecular weight excluding hydrogens is 254 g/mol. The summed E-state index contributed by atoms with van der Waals surface area (Å²) in [5.41, 5.74) is 0.551. The summed E-state index contributed by atoms with van der Waals surface area (Å²) in [7, 11) is -3.49. The van der Waals surface area contributed by atoms with Crippen LogP contribution < -0.4 is 5.32 Å². The van der Waals surface area contributed by atoms with Crippen LogP contribution in [0, 0.1) is 0 Å². The predicted octanol–water partition coefficient (Wildman–Crippen LogP) is 0.944. The molecule has 0 unspecified atom stereocenters. The van der Waals surface area contributed by atoms with Crippen LogP contribution in [0.5, 0.6) is 0 Å². The smallest absolute Gasteiger partial charge is 0.221 e. The topological polar surface area (TPSA) is 83.5 Å². The molecule has 98 valence electrons. The Morgan fingerprint density at radius 2 is 1.89 bits per heavy atom. The monoisotopic (exact) mass is 269 g/mol. The number of aliphatic hydroxyl groups is 1. The molecule has 2 N–H and O–H groups in total. The van der Waals surface area contributed by atoms with E-state index in [1.165, 1.54) is 19.1 Å². The lowest BCUT2D eigenvalue weighted by Gasteiger charge is -2.13. The molecule has 0 aromatic heterocycles. The minimum Gasteiger partial charge on any atom is -0.395 e. The second-order valence-electron chi connectivity index (χ2n) is 4.55.